The molecule has 0 aromatic heterocycles. The zero-order valence-electron chi connectivity index (χ0n) is 15.8. The minimum Gasteiger partial charge on any atom is -0.371 e. The highest BCUT2D eigenvalue weighted by Crippen LogP contribution is 2.29. The van der Waals surface area contributed by atoms with Crippen LogP contribution in [0.5, 0.6) is 0 Å². The first-order chi connectivity index (χ1) is 13.9. The van der Waals surface area contributed by atoms with Gasteiger partial charge in [0.2, 0.25) is 0 Å². The molecule has 7 heteroatoms. The van der Waals surface area contributed by atoms with Crippen molar-refractivity contribution in [3.63, 3.8) is 0 Å². The standard InChI is InChI=1S/C22H22F3N3O/c23-22(24,25)19-8-4-6-17(14-19)7-5-12-26-21(29)27-15-18-11-13-28(16-18)20-9-2-1-3-10-20/h1-4,6,8-10,14,18H,11-13,15-16H2,(H2,26,27,29). The lowest BCUT2D eigenvalue weighted by atomic mass is 10.1. The van der Waals surface area contributed by atoms with Crippen molar-refractivity contribution in [1.29, 1.82) is 0 Å². The van der Waals surface area contributed by atoms with Crippen molar-refractivity contribution < 1.29 is 18.0 Å². The van der Waals surface area contributed by atoms with Gasteiger partial charge in [-0.25, -0.2) is 4.79 Å². The van der Waals surface area contributed by atoms with E-state index >= 15 is 0 Å². The van der Waals surface area contributed by atoms with Gasteiger partial charge in [-0.3, -0.25) is 0 Å². The van der Waals surface area contributed by atoms with E-state index < -0.39 is 11.7 Å². The fraction of sp³-hybridized carbons (Fsp3) is 0.318. The Morgan fingerprint density at radius 3 is 2.66 bits per heavy atom. The van der Waals surface area contributed by atoms with Crippen LogP contribution in [-0.2, 0) is 6.18 Å². The van der Waals surface area contributed by atoms with E-state index in [-0.39, 0.29) is 18.1 Å². The summed E-state index contributed by atoms with van der Waals surface area (Å²) in [6.45, 7) is 2.47. The van der Waals surface area contributed by atoms with E-state index in [9.17, 15) is 18.0 Å². The molecule has 1 aliphatic rings. The Bertz CT molecular complexity index is 887. The summed E-state index contributed by atoms with van der Waals surface area (Å²) in [5.74, 6) is 5.68. The maximum atomic E-state index is 12.7. The highest BCUT2D eigenvalue weighted by Gasteiger charge is 2.30. The summed E-state index contributed by atoms with van der Waals surface area (Å²) in [5, 5.41) is 5.44. The molecule has 1 unspecified atom stereocenters. The number of urea groups is 1. The van der Waals surface area contributed by atoms with Crippen molar-refractivity contribution in [3.8, 4) is 11.8 Å². The minimum atomic E-state index is -4.40. The number of amides is 2. The van der Waals surface area contributed by atoms with Gasteiger partial charge in [0.1, 0.15) is 0 Å². The van der Waals surface area contributed by atoms with Crippen molar-refractivity contribution in [1.82, 2.24) is 10.6 Å². The molecule has 0 bridgehead atoms. The summed E-state index contributed by atoms with van der Waals surface area (Å²) < 4.78 is 38.0. The van der Waals surface area contributed by atoms with Crippen LogP contribution in [0.2, 0.25) is 0 Å². The maximum Gasteiger partial charge on any atom is 0.416 e. The van der Waals surface area contributed by atoms with Crippen LogP contribution < -0.4 is 15.5 Å². The van der Waals surface area contributed by atoms with Gasteiger partial charge < -0.3 is 15.5 Å². The van der Waals surface area contributed by atoms with Crippen LogP contribution in [0, 0.1) is 17.8 Å². The van der Waals surface area contributed by atoms with Crippen LogP contribution in [0.15, 0.2) is 54.6 Å². The van der Waals surface area contributed by atoms with Crippen molar-refractivity contribution in [2.24, 2.45) is 5.92 Å². The van der Waals surface area contributed by atoms with E-state index in [0.717, 1.165) is 31.6 Å². The first-order valence-corrected chi connectivity index (χ1v) is 9.39. The number of nitrogens with zero attached hydrogens (tertiary/aromatic N) is 1. The third-order valence-corrected chi connectivity index (χ3v) is 4.72. The number of benzene rings is 2. The van der Waals surface area contributed by atoms with Gasteiger partial charge in [0, 0.05) is 30.9 Å². The molecule has 1 atom stereocenters. The highest BCUT2D eigenvalue weighted by atomic mass is 19.4. The molecule has 1 heterocycles. The zero-order valence-corrected chi connectivity index (χ0v) is 15.8. The van der Waals surface area contributed by atoms with Crippen molar-refractivity contribution in [3.05, 3.63) is 65.7 Å². The van der Waals surface area contributed by atoms with Crippen molar-refractivity contribution in [2.45, 2.75) is 12.6 Å². The van der Waals surface area contributed by atoms with E-state index in [1.807, 2.05) is 18.2 Å². The van der Waals surface area contributed by atoms with Crippen LogP contribution in [-0.4, -0.2) is 32.2 Å². The number of hydrogen-bond donors (Lipinski definition) is 2. The Labute approximate surface area is 168 Å². The Morgan fingerprint density at radius 2 is 1.90 bits per heavy atom. The summed E-state index contributed by atoms with van der Waals surface area (Å²) in [4.78, 5) is 14.2. The summed E-state index contributed by atoms with van der Waals surface area (Å²) in [7, 11) is 0. The number of alkyl halides is 3. The second-order valence-corrected chi connectivity index (χ2v) is 6.88. The normalized spacial score (nSPS) is 16.1. The van der Waals surface area contributed by atoms with Crippen LogP contribution in [0.1, 0.15) is 17.5 Å². The monoisotopic (exact) mass is 401 g/mol. The summed E-state index contributed by atoms with van der Waals surface area (Å²) >= 11 is 0. The Kier molecular flexibility index (Phi) is 6.65. The smallest absolute Gasteiger partial charge is 0.371 e. The lowest BCUT2D eigenvalue weighted by molar-refractivity contribution is -0.137. The predicted octanol–water partition coefficient (Wildman–Crippen LogP) is 3.88. The quantitative estimate of drug-likeness (QED) is 0.764. The first-order valence-electron chi connectivity index (χ1n) is 9.39. The van der Waals surface area contributed by atoms with E-state index in [1.165, 1.54) is 17.8 Å². The summed E-state index contributed by atoms with van der Waals surface area (Å²) in [6, 6.07) is 14.6. The molecule has 2 amide bonds. The number of carbonyl (C=O) groups excluding carboxylic acids is 1. The third kappa shape index (κ3) is 6.18. The van der Waals surface area contributed by atoms with Gasteiger partial charge >= 0.3 is 12.2 Å². The van der Waals surface area contributed by atoms with Crippen LogP contribution in [0.4, 0.5) is 23.7 Å². The summed E-state index contributed by atoms with van der Waals surface area (Å²) in [6.07, 6.45) is -3.39. The molecule has 3 rings (SSSR count). The second-order valence-electron chi connectivity index (χ2n) is 6.88. The highest BCUT2D eigenvalue weighted by molar-refractivity contribution is 5.74. The topological polar surface area (TPSA) is 44.4 Å². The molecule has 0 saturated carbocycles. The van der Waals surface area contributed by atoms with Gasteiger partial charge in [-0.05, 0) is 42.7 Å². The number of halogens is 3. The molecule has 2 aromatic carbocycles. The van der Waals surface area contributed by atoms with E-state index in [2.05, 4.69) is 39.5 Å². The van der Waals surface area contributed by atoms with Gasteiger partial charge in [0.25, 0.3) is 0 Å². The van der Waals surface area contributed by atoms with Gasteiger partial charge in [-0.2, -0.15) is 13.2 Å². The van der Waals surface area contributed by atoms with E-state index in [1.54, 1.807) is 0 Å². The fourth-order valence-corrected chi connectivity index (χ4v) is 3.22. The Morgan fingerprint density at radius 1 is 1.10 bits per heavy atom. The van der Waals surface area contributed by atoms with E-state index in [4.69, 9.17) is 0 Å². The van der Waals surface area contributed by atoms with Crippen LogP contribution in [0.25, 0.3) is 0 Å². The number of rotatable bonds is 4. The Balaban J connectivity index is 1.39. The number of hydrogen-bond acceptors (Lipinski definition) is 2. The lowest BCUT2D eigenvalue weighted by Crippen LogP contribution is -2.39. The molecule has 29 heavy (non-hydrogen) atoms. The number of nitrogens with one attached hydrogen (secondary N) is 2. The molecule has 1 saturated heterocycles. The minimum absolute atomic E-state index is 0.0584. The molecule has 2 aromatic rings. The lowest BCUT2D eigenvalue weighted by Gasteiger charge is -2.18. The number of carbonyl (C=O) groups is 1. The molecular formula is C22H22F3N3O. The molecule has 1 fully saturated rings. The van der Waals surface area contributed by atoms with Crippen LogP contribution >= 0.6 is 0 Å². The van der Waals surface area contributed by atoms with Gasteiger partial charge in [-0.1, -0.05) is 36.1 Å². The number of para-hydroxylation sites is 1. The summed E-state index contributed by atoms with van der Waals surface area (Å²) in [5.41, 5.74) is 0.703. The molecule has 4 nitrogen and oxygen atoms in total. The van der Waals surface area contributed by atoms with Crippen LogP contribution in [0.3, 0.4) is 0 Å². The first kappa shape index (κ1) is 20.6. The van der Waals surface area contributed by atoms with E-state index in [0.29, 0.717) is 12.5 Å². The average Bonchev–Trinajstić information content (AvgIpc) is 3.19. The van der Waals surface area contributed by atoms with Crippen molar-refractivity contribution >= 4 is 11.7 Å². The molecule has 2 N–H and O–H groups in total. The Hall–Kier alpha value is -3.14. The van der Waals surface area contributed by atoms with Gasteiger partial charge in [-0.15, -0.1) is 0 Å². The molecule has 0 aliphatic carbocycles. The largest absolute Gasteiger partial charge is 0.416 e. The molecule has 0 spiro atoms. The maximum absolute atomic E-state index is 12.7. The average molecular weight is 401 g/mol. The third-order valence-electron chi connectivity index (χ3n) is 4.72. The van der Waals surface area contributed by atoms with Gasteiger partial charge in [0.15, 0.2) is 0 Å². The predicted molar refractivity (Wildman–Crippen MR) is 106 cm³/mol. The zero-order chi connectivity index (χ0) is 20.7. The van der Waals surface area contributed by atoms with Gasteiger partial charge in [0.05, 0.1) is 12.1 Å². The van der Waals surface area contributed by atoms with Crippen molar-refractivity contribution in [2.75, 3.05) is 31.1 Å². The fourth-order valence-electron chi connectivity index (χ4n) is 3.22. The SMILES string of the molecule is O=C(NCC#Cc1cccc(C(F)(F)F)c1)NCC1CCN(c2ccccc2)C1. The second kappa shape index (κ2) is 9.37. The molecule has 152 valence electrons. The molecule has 1 aliphatic heterocycles. The molecular weight excluding hydrogens is 379 g/mol. The molecule has 0 radical (unpaired) electrons. The number of anilines is 1.